The summed E-state index contributed by atoms with van der Waals surface area (Å²) in [5, 5.41) is 0. The van der Waals surface area contributed by atoms with E-state index < -0.39 is 0 Å². The van der Waals surface area contributed by atoms with Crippen molar-refractivity contribution in [1.29, 1.82) is 0 Å². The van der Waals surface area contributed by atoms with E-state index in [9.17, 15) is 0 Å². The van der Waals surface area contributed by atoms with Crippen LogP contribution in [0.5, 0.6) is 0 Å². The van der Waals surface area contributed by atoms with Crippen LogP contribution in [0.3, 0.4) is 0 Å². The molecule has 0 fully saturated rings. The van der Waals surface area contributed by atoms with E-state index >= 15 is 0 Å². The van der Waals surface area contributed by atoms with Crippen LogP contribution in [0.4, 0.5) is 0 Å². The summed E-state index contributed by atoms with van der Waals surface area (Å²) in [7, 11) is 2.21. The zero-order valence-corrected chi connectivity index (χ0v) is 22.5. The lowest BCUT2D eigenvalue weighted by atomic mass is 10.0. The van der Waals surface area contributed by atoms with Gasteiger partial charge in [-0.15, -0.1) is 0 Å². The first-order valence-electron chi connectivity index (χ1n) is 14.8. The fraction of sp³-hybridized carbons (Fsp3) is 0.900. The van der Waals surface area contributed by atoms with Crippen LogP contribution < -0.4 is 4.57 Å². The first-order chi connectivity index (χ1) is 15.8. The minimum atomic E-state index is 1.21. The number of nitrogens with zero attached hydrogens (tertiary/aromatic N) is 2. The van der Waals surface area contributed by atoms with Crippen molar-refractivity contribution in [2.24, 2.45) is 7.05 Å². The lowest BCUT2D eigenvalue weighted by molar-refractivity contribution is -0.678. The second-order valence-electron chi connectivity index (χ2n) is 10.3. The van der Waals surface area contributed by atoms with Gasteiger partial charge in [0.25, 0.3) is 5.82 Å². The van der Waals surface area contributed by atoms with E-state index in [1.165, 1.54) is 160 Å². The normalized spacial score (nSPS) is 11.5. The summed E-state index contributed by atoms with van der Waals surface area (Å²) in [5.74, 6) is 1.53. The molecule has 0 N–H and O–H groups in total. The van der Waals surface area contributed by atoms with Crippen LogP contribution in [0.15, 0.2) is 12.4 Å². The number of hydrogen-bond acceptors (Lipinski definition) is 0. The molecule has 32 heavy (non-hydrogen) atoms. The number of aromatic nitrogens is 2. The Kier molecular flexibility index (Phi) is 20.1. The van der Waals surface area contributed by atoms with Crippen LogP contribution in [-0.4, -0.2) is 4.57 Å². The van der Waals surface area contributed by atoms with Crippen molar-refractivity contribution in [2.75, 3.05) is 0 Å². The van der Waals surface area contributed by atoms with E-state index in [-0.39, 0.29) is 0 Å². The maximum atomic E-state index is 2.52. The van der Waals surface area contributed by atoms with Crippen molar-refractivity contribution in [1.82, 2.24) is 4.57 Å². The number of aryl methyl sites for hydroxylation is 2. The molecule has 1 aromatic heterocycles. The Morgan fingerprint density at radius 1 is 0.531 bits per heavy atom. The Labute approximate surface area is 202 Å². The summed E-state index contributed by atoms with van der Waals surface area (Å²) in [6, 6.07) is 0. The van der Waals surface area contributed by atoms with Gasteiger partial charge < -0.3 is 0 Å². The number of imidazole rings is 1. The molecule has 1 rings (SSSR count). The molecule has 0 unspecified atom stereocenters. The highest BCUT2D eigenvalue weighted by molar-refractivity contribution is 4.84. The van der Waals surface area contributed by atoms with E-state index in [2.05, 4.69) is 42.4 Å². The molecule has 0 saturated carbocycles. The molecule has 0 saturated heterocycles. The van der Waals surface area contributed by atoms with Gasteiger partial charge in [-0.2, -0.15) is 0 Å². The molecular weight excluding hydrogens is 388 g/mol. The summed E-state index contributed by atoms with van der Waals surface area (Å²) in [5.41, 5.74) is 0. The fourth-order valence-corrected chi connectivity index (χ4v) is 4.97. The Morgan fingerprint density at radius 2 is 0.906 bits per heavy atom. The molecule has 0 aliphatic rings. The number of unbranched alkanes of at least 4 members (excludes halogenated alkanes) is 20. The molecule has 0 aliphatic carbocycles. The average molecular weight is 448 g/mol. The maximum Gasteiger partial charge on any atom is 0.256 e. The zero-order chi connectivity index (χ0) is 23.1. The quantitative estimate of drug-likeness (QED) is 0.110. The zero-order valence-electron chi connectivity index (χ0n) is 22.5. The SMILES string of the molecule is CCCCCCCCCCCCCCCCCCCn1cc[n+](C)c1CCCCCCC. The second kappa shape index (κ2) is 22.0. The van der Waals surface area contributed by atoms with Crippen LogP contribution >= 0.6 is 0 Å². The van der Waals surface area contributed by atoms with Gasteiger partial charge >= 0.3 is 0 Å². The molecule has 0 atom stereocenters. The summed E-state index contributed by atoms with van der Waals surface area (Å²) in [6.07, 6.45) is 37.3. The van der Waals surface area contributed by atoms with Crippen LogP contribution in [0, 0.1) is 0 Å². The largest absolute Gasteiger partial charge is 0.256 e. The molecule has 188 valence electrons. The molecule has 0 aliphatic heterocycles. The summed E-state index contributed by atoms with van der Waals surface area (Å²) >= 11 is 0. The van der Waals surface area contributed by atoms with E-state index in [1.807, 2.05) is 0 Å². The highest BCUT2D eigenvalue weighted by atomic mass is 15.1. The molecule has 0 spiro atoms. The van der Waals surface area contributed by atoms with Crippen LogP contribution in [0.2, 0.25) is 0 Å². The van der Waals surface area contributed by atoms with E-state index in [1.54, 1.807) is 0 Å². The van der Waals surface area contributed by atoms with Gasteiger partial charge in [-0.05, 0) is 19.3 Å². The van der Waals surface area contributed by atoms with Crippen LogP contribution in [0.1, 0.15) is 161 Å². The number of hydrogen-bond donors (Lipinski definition) is 0. The second-order valence-corrected chi connectivity index (χ2v) is 10.3. The molecule has 0 radical (unpaired) electrons. The standard InChI is InChI=1S/C30H59N2/c1-4-6-8-10-11-12-13-14-15-16-17-18-19-20-21-23-25-27-32-29-28-31(3)30(32)26-24-22-9-7-5-2/h28-29H,4-27H2,1-3H3/q+1. The van der Waals surface area contributed by atoms with E-state index in [0.29, 0.717) is 0 Å². The third-order valence-corrected chi connectivity index (χ3v) is 7.22. The summed E-state index contributed by atoms with van der Waals surface area (Å²) in [6.45, 7) is 5.81. The van der Waals surface area contributed by atoms with E-state index in [4.69, 9.17) is 0 Å². The Balaban J connectivity index is 1.89. The van der Waals surface area contributed by atoms with Gasteiger partial charge in [0.05, 0.1) is 13.6 Å². The lowest BCUT2D eigenvalue weighted by Crippen LogP contribution is -2.32. The predicted molar refractivity (Wildman–Crippen MR) is 142 cm³/mol. The van der Waals surface area contributed by atoms with Gasteiger partial charge in [-0.25, -0.2) is 9.13 Å². The molecule has 1 aromatic rings. The van der Waals surface area contributed by atoms with Crippen molar-refractivity contribution < 1.29 is 4.57 Å². The van der Waals surface area contributed by atoms with Gasteiger partial charge in [0.1, 0.15) is 12.4 Å². The topological polar surface area (TPSA) is 8.81 Å². The first-order valence-corrected chi connectivity index (χ1v) is 14.8. The Hall–Kier alpha value is -0.790. The molecular formula is C30H59N2+. The first kappa shape index (κ1) is 29.2. The maximum absolute atomic E-state index is 2.52. The van der Waals surface area contributed by atoms with Crippen molar-refractivity contribution in [3.63, 3.8) is 0 Å². The summed E-state index contributed by atoms with van der Waals surface area (Å²) < 4.78 is 4.86. The highest BCUT2D eigenvalue weighted by Gasteiger charge is 2.13. The molecule has 1 heterocycles. The molecule has 2 heteroatoms. The van der Waals surface area contributed by atoms with Crippen LogP contribution in [0.25, 0.3) is 0 Å². The van der Waals surface area contributed by atoms with E-state index in [0.717, 1.165) is 0 Å². The predicted octanol–water partition coefficient (Wildman–Crippen LogP) is 9.48. The molecule has 2 nitrogen and oxygen atoms in total. The average Bonchev–Trinajstić information content (AvgIpc) is 3.15. The minimum Gasteiger partial charge on any atom is -0.237 e. The third-order valence-electron chi connectivity index (χ3n) is 7.22. The smallest absolute Gasteiger partial charge is 0.237 e. The molecule has 0 aromatic carbocycles. The van der Waals surface area contributed by atoms with Crippen LogP contribution in [-0.2, 0) is 20.0 Å². The van der Waals surface area contributed by atoms with Gasteiger partial charge in [-0.1, -0.05) is 136 Å². The van der Waals surface area contributed by atoms with Gasteiger partial charge in [-0.3, -0.25) is 0 Å². The number of rotatable bonds is 24. The lowest BCUT2D eigenvalue weighted by Gasteiger charge is -2.05. The van der Waals surface area contributed by atoms with Crippen molar-refractivity contribution >= 4 is 0 Å². The van der Waals surface area contributed by atoms with Gasteiger partial charge in [0.2, 0.25) is 0 Å². The van der Waals surface area contributed by atoms with Crippen molar-refractivity contribution in [3.8, 4) is 0 Å². The Bertz CT molecular complexity index is 505. The van der Waals surface area contributed by atoms with Gasteiger partial charge in [0, 0.05) is 6.42 Å². The van der Waals surface area contributed by atoms with Crippen molar-refractivity contribution in [3.05, 3.63) is 18.2 Å². The fourth-order valence-electron chi connectivity index (χ4n) is 4.97. The minimum absolute atomic E-state index is 1.21. The third kappa shape index (κ3) is 15.9. The molecule has 0 bridgehead atoms. The monoisotopic (exact) mass is 447 g/mol. The Morgan fingerprint density at radius 3 is 1.34 bits per heavy atom. The molecule has 0 amide bonds. The van der Waals surface area contributed by atoms with Gasteiger partial charge in [0.15, 0.2) is 0 Å². The highest BCUT2D eigenvalue weighted by Crippen LogP contribution is 2.14. The summed E-state index contributed by atoms with van der Waals surface area (Å²) in [4.78, 5) is 0. The van der Waals surface area contributed by atoms with Crippen molar-refractivity contribution in [2.45, 2.75) is 168 Å².